The summed E-state index contributed by atoms with van der Waals surface area (Å²) in [5.41, 5.74) is 3.41. The Morgan fingerprint density at radius 2 is 1.97 bits per heavy atom. The molecule has 0 aromatic carbocycles. The van der Waals surface area contributed by atoms with Crippen LogP contribution >= 0.6 is 0 Å². The standard InChI is InChI=1S/C22H28N6O2.2C2H6/c1-5-30-21-15-23-22(25-16(21)2)18-8-6-7-17(13-18)14-19-20(29)9-11-28(26-19)12-10-24-27(3)4;2*1-2/h8-11,13,15H,5-7,12,14H2,1-4H3;2*1-2H3/b24-10-;;. The zero-order valence-corrected chi connectivity index (χ0v) is 22.0. The third-order valence-electron chi connectivity index (χ3n) is 4.59. The number of aryl methyl sites for hydroxylation is 1. The predicted molar refractivity (Wildman–Crippen MR) is 140 cm³/mol. The predicted octanol–water partition coefficient (Wildman–Crippen LogP) is 4.69. The summed E-state index contributed by atoms with van der Waals surface area (Å²) in [6.45, 7) is 12.9. The van der Waals surface area contributed by atoms with E-state index in [9.17, 15) is 4.79 Å². The van der Waals surface area contributed by atoms with Gasteiger partial charge in [-0.25, -0.2) is 9.97 Å². The van der Waals surface area contributed by atoms with Crippen LogP contribution < -0.4 is 10.2 Å². The molecule has 0 aliphatic heterocycles. The third kappa shape index (κ3) is 8.92. The highest BCUT2D eigenvalue weighted by atomic mass is 16.5. The van der Waals surface area contributed by atoms with Gasteiger partial charge < -0.3 is 9.75 Å². The third-order valence-corrected chi connectivity index (χ3v) is 4.59. The van der Waals surface area contributed by atoms with E-state index in [-0.39, 0.29) is 5.43 Å². The van der Waals surface area contributed by atoms with Gasteiger partial charge in [0.1, 0.15) is 5.69 Å². The molecule has 186 valence electrons. The van der Waals surface area contributed by atoms with Crippen molar-refractivity contribution in [3.05, 3.63) is 63.6 Å². The van der Waals surface area contributed by atoms with Crippen molar-refractivity contribution in [2.24, 2.45) is 5.10 Å². The lowest BCUT2D eigenvalue weighted by atomic mass is 9.95. The summed E-state index contributed by atoms with van der Waals surface area (Å²) in [6.07, 6.45) is 11.6. The first-order valence-electron chi connectivity index (χ1n) is 12.1. The van der Waals surface area contributed by atoms with Gasteiger partial charge >= 0.3 is 0 Å². The first-order valence-corrected chi connectivity index (χ1v) is 12.1. The van der Waals surface area contributed by atoms with E-state index < -0.39 is 0 Å². The Bertz CT molecular complexity index is 1040. The van der Waals surface area contributed by atoms with Gasteiger partial charge in [0, 0.05) is 44.6 Å². The molecule has 1 aliphatic carbocycles. The second-order valence-corrected chi connectivity index (χ2v) is 7.25. The highest BCUT2D eigenvalue weighted by Crippen LogP contribution is 2.26. The molecule has 2 heterocycles. The fraction of sp³-hybridized carbons (Fsp3) is 0.500. The Balaban J connectivity index is 0.00000137. The molecule has 0 atom stereocenters. The van der Waals surface area contributed by atoms with Crippen molar-refractivity contribution < 1.29 is 4.74 Å². The van der Waals surface area contributed by atoms with Crippen LogP contribution in [0.5, 0.6) is 5.75 Å². The highest BCUT2D eigenvalue weighted by Gasteiger charge is 2.14. The Kier molecular flexibility index (Phi) is 13.1. The molecule has 1 aliphatic rings. The Labute approximate surface area is 204 Å². The van der Waals surface area contributed by atoms with Crippen LogP contribution in [-0.2, 0) is 13.0 Å². The van der Waals surface area contributed by atoms with Crippen LogP contribution in [0.4, 0.5) is 0 Å². The molecular weight excluding hydrogens is 428 g/mol. The van der Waals surface area contributed by atoms with E-state index in [0.717, 1.165) is 29.7 Å². The normalized spacial score (nSPS) is 12.6. The van der Waals surface area contributed by atoms with Crippen LogP contribution in [-0.4, -0.2) is 51.7 Å². The number of nitrogens with zero attached hydrogens (tertiary/aromatic N) is 6. The Hall–Kier alpha value is -3.29. The number of hydrogen-bond donors (Lipinski definition) is 0. The van der Waals surface area contributed by atoms with Crippen LogP contribution in [0.25, 0.3) is 5.57 Å². The van der Waals surface area contributed by atoms with Crippen molar-refractivity contribution in [2.75, 3.05) is 20.7 Å². The van der Waals surface area contributed by atoms with Gasteiger partial charge in [0.25, 0.3) is 0 Å². The molecule has 0 unspecified atom stereocenters. The number of ether oxygens (including phenoxy) is 1. The van der Waals surface area contributed by atoms with E-state index in [1.165, 1.54) is 0 Å². The van der Waals surface area contributed by atoms with Crippen LogP contribution in [0.15, 0.2) is 46.1 Å². The van der Waals surface area contributed by atoms with E-state index in [2.05, 4.69) is 32.3 Å². The van der Waals surface area contributed by atoms with Gasteiger partial charge in [0.05, 0.1) is 25.0 Å². The molecule has 8 heteroatoms. The number of hydrazone groups is 1. The van der Waals surface area contributed by atoms with E-state index in [1.54, 1.807) is 34.4 Å². The van der Waals surface area contributed by atoms with Crippen molar-refractivity contribution in [1.29, 1.82) is 0 Å². The van der Waals surface area contributed by atoms with Gasteiger partial charge in [-0.15, -0.1) is 0 Å². The Morgan fingerprint density at radius 1 is 1.24 bits per heavy atom. The molecule has 0 fully saturated rings. The SMILES string of the molecule is CC.CC.CCOc1cnc(C2=CCCC(Cc3nn(C/C=N\N(C)C)ccc3=O)=C2)nc1C. The van der Waals surface area contributed by atoms with Crippen molar-refractivity contribution in [3.63, 3.8) is 0 Å². The number of aromatic nitrogens is 4. The maximum Gasteiger partial charge on any atom is 0.203 e. The molecule has 0 radical (unpaired) electrons. The van der Waals surface area contributed by atoms with Crippen LogP contribution in [0.1, 0.15) is 64.7 Å². The topological polar surface area (TPSA) is 85.5 Å². The average molecular weight is 469 g/mol. The van der Waals surface area contributed by atoms with Crippen molar-refractivity contribution >= 4 is 11.8 Å². The summed E-state index contributed by atoms with van der Waals surface area (Å²) in [7, 11) is 3.72. The molecule has 0 bridgehead atoms. The quantitative estimate of drug-likeness (QED) is 0.413. The zero-order valence-electron chi connectivity index (χ0n) is 22.0. The van der Waals surface area contributed by atoms with Gasteiger partial charge in [0.2, 0.25) is 5.43 Å². The lowest BCUT2D eigenvalue weighted by Gasteiger charge is -2.14. The van der Waals surface area contributed by atoms with Crippen LogP contribution in [0.2, 0.25) is 0 Å². The van der Waals surface area contributed by atoms with Gasteiger partial charge in [-0.2, -0.15) is 10.2 Å². The minimum absolute atomic E-state index is 0.0547. The highest BCUT2D eigenvalue weighted by molar-refractivity contribution is 5.71. The lowest BCUT2D eigenvalue weighted by Crippen LogP contribution is -2.18. The van der Waals surface area contributed by atoms with Crippen molar-refractivity contribution in [3.8, 4) is 5.75 Å². The lowest BCUT2D eigenvalue weighted by molar-refractivity contribution is 0.334. The van der Waals surface area contributed by atoms with Gasteiger partial charge in [0.15, 0.2) is 11.6 Å². The number of hydrogen-bond acceptors (Lipinski definition) is 7. The minimum atomic E-state index is -0.0547. The number of allylic oxidation sites excluding steroid dienone is 4. The molecule has 8 nitrogen and oxygen atoms in total. The molecule has 0 amide bonds. The average Bonchev–Trinajstić information content (AvgIpc) is 2.85. The molecule has 0 saturated heterocycles. The Morgan fingerprint density at radius 3 is 2.62 bits per heavy atom. The van der Waals surface area contributed by atoms with Gasteiger partial charge in [-0.1, -0.05) is 45.4 Å². The molecular formula is C26H40N6O2. The second-order valence-electron chi connectivity index (χ2n) is 7.25. The van der Waals surface area contributed by atoms with Crippen LogP contribution in [0.3, 0.4) is 0 Å². The fourth-order valence-corrected chi connectivity index (χ4v) is 3.16. The molecule has 2 aromatic rings. The smallest absolute Gasteiger partial charge is 0.203 e. The van der Waals surface area contributed by atoms with Crippen molar-refractivity contribution in [2.45, 2.75) is 67.3 Å². The van der Waals surface area contributed by atoms with E-state index in [4.69, 9.17) is 4.74 Å². The molecule has 2 aromatic heterocycles. The molecule has 3 rings (SSSR count). The monoisotopic (exact) mass is 468 g/mol. The van der Waals surface area contributed by atoms with E-state index in [1.807, 2.05) is 55.6 Å². The first-order chi connectivity index (χ1) is 16.5. The largest absolute Gasteiger partial charge is 0.490 e. The summed E-state index contributed by atoms with van der Waals surface area (Å²) in [4.78, 5) is 21.4. The molecule has 0 N–H and O–H groups in total. The van der Waals surface area contributed by atoms with Crippen LogP contribution in [0, 0.1) is 6.92 Å². The summed E-state index contributed by atoms with van der Waals surface area (Å²) >= 11 is 0. The van der Waals surface area contributed by atoms with E-state index >= 15 is 0 Å². The summed E-state index contributed by atoms with van der Waals surface area (Å²) in [5.74, 6) is 1.38. The molecule has 34 heavy (non-hydrogen) atoms. The summed E-state index contributed by atoms with van der Waals surface area (Å²) in [5, 5.41) is 10.4. The maximum absolute atomic E-state index is 12.3. The summed E-state index contributed by atoms with van der Waals surface area (Å²) < 4.78 is 7.25. The minimum Gasteiger partial charge on any atom is -0.490 e. The molecule has 0 spiro atoms. The first kappa shape index (κ1) is 28.7. The maximum atomic E-state index is 12.3. The summed E-state index contributed by atoms with van der Waals surface area (Å²) in [6, 6.07) is 1.56. The van der Waals surface area contributed by atoms with Gasteiger partial charge in [-0.05, 0) is 26.7 Å². The van der Waals surface area contributed by atoms with Gasteiger partial charge in [-0.3, -0.25) is 9.48 Å². The molecule has 0 saturated carbocycles. The fourth-order valence-electron chi connectivity index (χ4n) is 3.16. The van der Waals surface area contributed by atoms with E-state index in [0.29, 0.717) is 36.8 Å². The number of rotatable bonds is 8. The zero-order chi connectivity index (χ0) is 25.5. The van der Waals surface area contributed by atoms with Crippen molar-refractivity contribution in [1.82, 2.24) is 24.8 Å². The second kappa shape index (κ2) is 15.5.